The first-order valence-corrected chi connectivity index (χ1v) is 12.4. The number of rotatable bonds is 9. The Morgan fingerprint density at radius 2 is 1.50 bits per heavy atom. The Bertz CT molecular complexity index is 1320. The zero-order valence-corrected chi connectivity index (χ0v) is 23.2. The lowest BCUT2D eigenvalue weighted by Crippen LogP contribution is -3.00. The van der Waals surface area contributed by atoms with Gasteiger partial charge in [0.1, 0.15) is 5.56 Å². The van der Waals surface area contributed by atoms with Gasteiger partial charge in [-0.3, -0.25) is 0 Å². The first-order valence-electron chi connectivity index (χ1n) is 12.4. The molecule has 2 aromatic rings. The quantitative estimate of drug-likeness (QED) is 0.270. The summed E-state index contributed by atoms with van der Waals surface area (Å²) in [5, 5.41) is 3.06. The Kier molecular flexibility index (Phi) is 11.3. The summed E-state index contributed by atoms with van der Waals surface area (Å²) in [4.78, 5) is 38.7. The van der Waals surface area contributed by atoms with E-state index in [0.717, 1.165) is 12.1 Å². The van der Waals surface area contributed by atoms with Crippen molar-refractivity contribution < 1.29 is 58.7 Å². The highest BCUT2D eigenvalue weighted by Crippen LogP contribution is 2.41. The molecule has 0 amide bonds. The summed E-state index contributed by atoms with van der Waals surface area (Å²) < 4.78 is 58.1. The molecule has 1 aliphatic rings. The fourth-order valence-electron chi connectivity index (χ4n) is 4.32. The largest absolute Gasteiger partial charge is 1.00 e. The molecule has 1 aromatic heterocycles. The number of allylic oxidation sites excluding steroid dienone is 2. The van der Waals surface area contributed by atoms with Crippen molar-refractivity contribution in [3.63, 3.8) is 0 Å². The van der Waals surface area contributed by atoms with Crippen LogP contribution < -0.4 is 22.3 Å². The highest BCUT2D eigenvalue weighted by atomic mass is 35.5. The minimum absolute atomic E-state index is 0. The van der Waals surface area contributed by atoms with E-state index in [9.17, 15) is 27.6 Å². The maximum atomic E-state index is 13.6. The van der Waals surface area contributed by atoms with Crippen LogP contribution in [0.4, 0.5) is 13.2 Å². The molecule has 2 heterocycles. The number of dihydropyridines is 1. The maximum Gasteiger partial charge on any atom is 0.416 e. The number of carbonyl (C=O) groups excluding carboxylic acids is 3. The average Bonchev–Trinajstić information content (AvgIpc) is 2.88. The third-order valence-electron chi connectivity index (χ3n) is 5.89. The van der Waals surface area contributed by atoms with Gasteiger partial charge in [-0.2, -0.15) is 17.7 Å². The predicted octanol–water partition coefficient (Wildman–Crippen LogP) is 1.21. The van der Waals surface area contributed by atoms with Gasteiger partial charge in [-0.1, -0.05) is 18.2 Å². The van der Waals surface area contributed by atoms with Crippen molar-refractivity contribution >= 4 is 17.9 Å². The summed E-state index contributed by atoms with van der Waals surface area (Å²) in [5.41, 5.74) is -0.0526. The molecule has 0 bridgehead atoms. The van der Waals surface area contributed by atoms with Gasteiger partial charge in [0.2, 0.25) is 0 Å². The second kappa shape index (κ2) is 14.0. The van der Waals surface area contributed by atoms with Crippen molar-refractivity contribution in [2.75, 3.05) is 19.8 Å². The van der Waals surface area contributed by atoms with Crippen molar-refractivity contribution in [1.82, 2.24) is 5.32 Å². The monoisotopic (exact) mass is 582 g/mol. The number of benzene rings is 1. The summed E-state index contributed by atoms with van der Waals surface area (Å²) in [6.45, 7) is 6.66. The van der Waals surface area contributed by atoms with Gasteiger partial charge >= 0.3 is 24.1 Å². The molecule has 216 valence electrons. The van der Waals surface area contributed by atoms with Crippen LogP contribution in [0.3, 0.4) is 0 Å². The van der Waals surface area contributed by atoms with Gasteiger partial charge in [0.25, 0.3) is 0 Å². The van der Waals surface area contributed by atoms with E-state index in [2.05, 4.69) is 5.32 Å². The highest BCUT2D eigenvalue weighted by molar-refractivity contribution is 6.00. The van der Waals surface area contributed by atoms with Crippen molar-refractivity contribution in [3.05, 3.63) is 88.0 Å². The number of pyridine rings is 1. The van der Waals surface area contributed by atoms with Gasteiger partial charge in [0, 0.05) is 11.8 Å². The van der Waals surface area contributed by atoms with E-state index in [1.165, 1.54) is 18.3 Å². The third-order valence-corrected chi connectivity index (χ3v) is 5.89. The topological polar surface area (TPSA) is 94.8 Å². The zero-order valence-electron chi connectivity index (χ0n) is 22.4. The van der Waals surface area contributed by atoms with E-state index >= 15 is 0 Å². The first-order chi connectivity index (χ1) is 18.5. The number of hydrogen-bond acceptors (Lipinski definition) is 7. The lowest BCUT2D eigenvalue weighted by atomic mass is 9.79. The van der Waals surface area contributed by atoms with Crippen LogP contribution in [0.15, 0.2) is 71.3 Å². The summed E-state index contributed by atoms with van der Waals surface area (Å²) in [5.74, 6) is -3.33. The van der Waals surface area contributed by atoms with Gasteiger partial charge < -0.3 is 31.9 Å². The number of hydrogen-bond donors (Lipinski definition) is 1. The molecular weight excluding hydrogens is 553 g/mol. The summed E-state index contributed by atoms with van der Waals surface area (Å²) in [6, 6.07) is 7.65. The van der Waals surface area contributed by atoms with E-state index in [1.807, 2.05) is 0 Å². The second-order valence-corrected chi connectivity index (χ2v) is 8.54. The van der Waals surface area contributed by atoms with Crippen LogP contribution in [0.5, 0.6) is 0 Å². The molecule has 1 unspecified atom stereocenters. The van der Waals surface area contributed by atoms with E-state index in [-0.39, 0.29) is 66.7 Å². The van der Waals surface area contributed by atoms with Crippen LogP contribution >= 0.6 is 0 Å². The van der Waals surface area contributed by atoms with Crippen LogP contribution in [0.1, 0.15) is 55.1 Å². The minimum Gasteiger partial charge on any atom is -1.00 e. The van der Waals surface area contributed by atoms with E-state index in [1.54, 1.807) is 50.6 Å². The average molecular weight is 583 g/mol. The number of halogens is 4. The Hall–Kier alpha value is -3.86. The van der Waals surface area contributed by atoms with Crippen LogP contribution in [-0.4, -0.2) is 37.7 Å². The number of nitrogens with zero attached hydrogens (tertiary/aromatic N) is 1. The lowest BCUT2D eigenvalue weighted by molar-refractivity contribution is -0.689. The molecule has 8 nitrogen and oxygen atoms in total. The SMILES string of the molecule is CCOC(=O)C1=C(C)NC(C[n+]2cccc(C(=O)OCC)c2)=C(C(=O)OCC)C1c1cccc(C(F)(F)F)c1.[Cl-]. The number of aromatic nitrogens is 1. The molecule has 3 rings (SSSR count). The fourth-order valence-corrected chi connectivity index (χ4v) is 4.32. The molecule has 12 heteroatoms. The molecule has 0 fully saturated rings. The Morgan fingerprint density at radius 3 is 2.10 bits per heavy atom. The van der Waals surface area contributed by atoms with Crippen LogP contribution in [-0.2, 0) is 36.5 Å². The molecule has 1 N–H and O–H groups in total. The maximum absolute atomic E-state index is 13.6. The van der Waals surface area contributed by atoms with Gasteiger partial charge in [-0.25, -0.2) is 14.4 Å². The molecule has 0 saturated carbocycles. The molecule has 40 heavy (non-hydrogen) atoms. The van der Waals surface area contributed by atoms with Crippen molar-refractivity contribution in [1.29, 1.82) is 0 Å². The van der Waals surface area contributed by atoms with Gasteiger partial charge in [-0.15, -0.1) is 0 Å². The molecule has 0 aliphatic carbocycles. The molecule has 0 spiro atoms. The number of ether oxygens (including phenoxy) is 3. The highest BCUT2D eigenvalue weighted by Gasteiger charge is 2.41. The molecule has 0 radical (unpaired) electrons. The summed E-state index contributed by atoms with van der Waals surface area (Å²) >= 11 is 0. The van der Waals surface area contributed by atoms with Gasteiger partial charge in [-0.05, 0) is 45.4 Å². The number of esters is 3. The molecule has 0 saturated heterocycles. The van der Waals surface area contributed by atoms with Crippen LogP contribution in [0, 0.1) is 0 Å². The zero-order chi connectivity index (χ0) is 28.7. The fraction of sp³-hybridized carbons (Fsp3) is 0.357. The second-order valence-electron chi connectivity index (χ2n) is 8.54. The Labute approximate surface area is 236 Å². The molecule has 1 atom stereocenters. The van der Waals surface area contributed by atoms with Crippen LogP contribution in [0.2, 0.25) is 0 Å². The minimum atomic E-state index is -4.65. The predicted molar refractivity (Wildman–Crippen MR) is 133 cm³/mol. The van der Waals surface area contributed by atoms with Gasteiger partial charge in [0.15, 0.2) is 18.9 Å². The van der Waals surface area contributed by atoms with Crippen molar-refractivity contribution in [2.24, 2.45) is 0 Å². The summed E-state index contributed by atoms with van der Waals surface area (Å²) in [6.07, 6.45) is -1.47. The van der Waals surface area contributed by atoms with Crippen molar-refractivity contribution in [3.8, 4) is 0 Å². The first kappa shape index (κ1) is 32.4. The van der Waals surface area contributed by atoms with Gasteiger partial charge in [0.05, 0.1) is 48.1 Å². The Balaban J connectivity index is 0.00000560. The van der Waals surface area contributed by atoms with E-state index < -0.39 is 35.6 Å². The molecular formula is C28H30ClF3N2O6. The number of carbonyl (C=O) groups is 3. The van der Waals surface area contributed by atoms with Crippen molar-refractivity contribution in [2.45, 2.75) is 46.3 Å². The standard InChI is InChI=1S/C28H29F3N2O6.ClH/c1-5-37-25(34)19-11-9-13-33(15-19)16-21-24(27(36)39-7-3)23(22(17(4)32-21)26(35)38-6-2)18-10-8-12-20(14-18)28(29,30)31;/h8-15,23H,5-7,16H2,1-4H3;1H. The van der Waals surface area contributed by atoms with E-state index in [0.29, 0.717) is 5.70 Å². The Morgan fingerprint density at radius 1 is 0.900 bits per heavy atom. The van der Waals surface area contributed by atoms with E-state index in [4.69, 9.17) is 14.2 Å². The third kappa shape index (κ3) is 7.41. The summed E-state index contributed by atoms with van der Waals surface area (Å²) in [7, 11) is 0. The van der Waals surface area contributed by atoms with Crippen LogP contribution in [0.25, 0.3) is 0 Å². The normalized spacial score (nSPS) is 15.1. The smallest absolute Gasteiger partial charge is 0.416 e. The molecule has 1 aliphatic heterocycles. The number of nitrogens with one attached hydrogen (secondary N) is 1. The molecule has 1 aromatic carbocycles. The number of alkyl halides is 3. The lowest BCUT2D eigenvalue weighted by Gasteiger charge is -2.31.